The minimum absolute atomic E-state index is 0. The summed E-state index contributed by atoms with van der Waals surface area (Å²) >= 11 is 0. The molecule has 0 saturated carbocycles. The van der Waals surface area contributed by atoms with Gasteiger partial charge in [-0.1, -0.05) is 26.0 Å². The highest BCUT2D eigenvalue weighted by molar-refractivity contribution is 5.85. The van der Waals surface area contributed by atoms with Crippen molar-refractivity contribution in [2.24, 2.45) is 5.41 Å². The van der Waals surface area contributed by atoms with Gasteiger partial charge in [0.1, 0.15) is 0 Å². The average molecular weight is 395 g/mol. The second kappa shape index (κ2) is 9.42. The third-order valence-corrected chi connectivity index (χ3v) is 5.46. The molecule has 0 bridgehead atoms. The quantitative estimate of drug-likeness (QED) is 0.758. The average Bonchev–Trinajstić information content (AvgIpc) is 2.91. The summed E-state index contributed by atoms with van der Waals surface area (Å²) < 4.78 is 3.54. The molecule has 2 heterocycles. The van der Waals surface area contributed by atoms with Crippen LogP contribution in [0, 0.1) is 5.41 Å². The molecule has 1 aliphatic heterocycles. The van der Waals surface area contributed by atoms with E-state index in [1.165, 1.54) is 0 Å². The Bertz CT molecular complexity index is 821. The lowest BCUT2D eigenvalue weighted by Crippen LogP contribution is -2.43. The molecule has 1 aromatic heterocycles. The number of nitrogens with one attached hydrogen (secondary N) is 2. The molecule has 0 unspecified atom stereocenters. The van der Waals surface area contributed by atoms with Crippen LogP contribution in [-0.4, -0.2) is 34.7 Å². The van der Waals surface area contributed by atoms with Gasteiger partial charge in [-0.2, -0.15) is 0 Å². The number of piperidine rings is 1. The number of carbonyl (C=O) groups excluding carboxylic acids is 1. The maximum absolute atomic E-state index is 12.7. The van der Waals surface area contributed by atoms with Crippen LogP contribution in [0.3, 0.4) is 0 Å². The van der Waals surface area contributed by atoms with Gasteiger partial charge in [0.05, 0.1) is 11.0 Å². The van der Waals surface area contributed by atoms with Crippen LogP contribution in [0.2, 0.25) is 0 Å². The summed E-state index contributed by atoms with van der Waals surface area (Å²) in [7, 11) is 0. The number of benzene rings is 1. The van der Waals surface area contributed by atoms with Crippen molar-refractivity contribution in [3.63, 3.8) is 0 Å². The van der Waals surface area contributed by atoms with Crippen LogP contribution >= 0.6 is 12.4 Å². The number of hydrogen-bond acceptors (Lipinski definition) is 3. The van der Waals surface area contributed by atoms with Crippen LogP contribution < -0.4 is 16.3 Å². The highest BCUT2D eigenvalue weighted by Crippen LogP contribution is 2.26. The molecule has 0 spiro atoms. The van der Waals surface area contributed by atoms with Gasteiger partial charge in [-0.05, 0) is 49.9 Å². The number of amides is 1. The summed E-state index contributed by atoms with van der Waals surface area (Å²) in [5, 5.41) is 6.43. The van der Waals surface area contributed by atoms with Gasteiger partial charge in [0.15, 0.2) is 0 Å². The molecule has 7 heteroatoms. The number of hydrogen-bond donors (Lipinski definition) is 2. The molecule has 6 nitrogen and oxygen atoms in total. The first kappa shape index (κ1) is 21.5. The van der Waals surface area contributed by atoms with Crippen molar-refractivity contribution in [1.29, 1.82) is 0 Å². The Balaban J connectivity index is 0.00000261. The molecule has 2 aromatic rings. The van der Waals surface area contributed by atoms with Gasteiger partial charge in [0.25, 0.3) is 0 Å². The lowest BCUT2D eigenvalue weighted by Gasteiger charge is -2.34. The lowest BCUT2D eigenvalue weighted by atomic mass is 9.81. The van der Waals surface area contributed by atoms with Crippen LogP contribution in [0.15, 0.2) is 29.1 Å². The molecule has 27 heavy (non-hydrogen) atoms. The number of carbonyl (C=O) groups is 1. The number of imidazole rings is 1. The predicted molar refractivity (Wildman–Crippen MR) is 112 cm³/mol. The Morgan fingerprint density at radius 1 is 1.15 bits per heavy atom. The van der Waals surface area contributed by atoms with Crippen molar-refractivity contribution in [3.8, 4) is 0 Å². The molecule has 3 rings (SSSR count). The number of aromatic nitrogens is 2. The highest BCUT2D eigenvalue weighted by atomic mass is 35.5. The van der Waals surface area contributed by atoms with Crippen molar-refractivity contribution in [2.45, 2.75) is 52.6 Å². The lowest BCUT2D eigenvalue weighted by molar-refractivity contribution is -0.121. The molecule has 1 aromatic carbocycles. The minimum atomic E-state index is -0.0221. The zero-order chi connectivity index (χ0) is 18.6. The number of nitrogens with zero attached hydrogens (tertiary/aromatic N) is 2. The van der Waals surface area contributed by atoms with Crippen LogP contribution in [0.1, 0.15) is 39.5 Å². The van der Waals surface area contributed by atoms with E-state index in [0.717, 1.165) is 43.4 Å². The maximum Gasteiger partial charge on any atom is 0.329 e. The molecule has 0 radical (unpaired) electrons. The van der Waals surface area contributed by atoms with E-state index in [0.29, 0.717) is 26.1 Å². The van der Waals surface area contributed by atoms with Crippen molar-refractivity contribution >= 4 is 29.3 Å². The topological polar surface area (TPSA) is 68.1 Å². The van der Waals surface area contributed by atoms with Crippen molar-refractivity contribution in [3.05, 3.63) is 34.7 Å². The third-order valence-electron chi connectivity index (χ3n) is 5.46. The Kier molecular flexibility index (Phi) is 7.50. The highest BCUT2D eigenvalue weighted by Gasteiger charge is 2.27. The van der Waals surface area contributed by atoms with E-state index >= 15 is 0 Å². The van der Waals surface area contributed by atoms with E-state index in [-0.39, 0.29) is 29.4 Å². The molecule has 2 N–H and O–H groups in total. The summed E-state index contributed by atoms with van der Waals surface area (Å²) in [4.78, 5) is 25.1. The second-order valence-electron chi connectivity index (χ2n) is 7.66. The molecule has 150 valence electrons. The van der Waals surface area contributed by atoms with Gasteiger partial charge in [0, 0.05) is 26.1 Å². The first-order valence-electron chi connectivity index (χ1n) is 9.69. The fourth-order valence-electron chi connectivity index (χ4n) is 3.75. The molecular formula is C20H31ClN4O2. The van der Waals surface area contributed by atoms with E-state index < -0.39 is 0 Å². The van der Waals surface area contributed by atoms with Gasteiger partial charge in [-0.15, -0.1) is 12.4 Å². The van der Waals surface area contributed by atoms with Gasteiger partial charge in [-0.25, -0.2) is 4.79 Å². The van der Waals surface area contributed by atoms with Crippen LogP contribution in [0.4, 0.5) is 0 Å². The standard InChI is InChI=1S/C20H30N4O2.ClH/c1-3-13-23-16-6-4-5-7-17(16)24(19(23)26)14-8-18(25)22-15-20(2)9-11-21-12-10-20;/h4-7,21H,3,8-15H2,1-2H3,(H,22,25);1H. The number of para-hydroxylation sites is 2. The SMILES string of the molecule is CCCn1c(=O)n(CCC(=O)NCC2(C)CCNCC2)c2ccccc21.Cl. The van der Waals surface area contributed by atoms with Gasteiger partial charge in [-0.3, -0.25) is 13.9 Å². The number of aryl methyl sites for hydroxylation is 2. The molecule has 1 fully saturated rings. The largest absolute Gasteiger partial charge is 0.355 e. The number of halogens is 1. The maximum atomic E-state index is 12.7. The summed E-state index contributed by atoms with van der Waals surface area (Å²) in [6.45, 7) is 8.15. The first-order valence-corrected chi connectivity index (χ1v) is 9.69. The van der Waals surface area contributed by atoms with E-state index in [2.05, 4.69) is 24.5 Å². The van der Waals surface area contributed by atoms with E-state index in [4.69, 9.17) is 0 Å². The van der Waals surface area contributed by atoms with Gasteiger partial charge < -0.3 is 10.6 Å². The predicted octanol–water partition coefficient (Wildman–Crippen LogP) is 2.53. The normalized spacial score (nSPS) is 16.1. The van der Waals surface area contributed by atoms with Crippen molar-refractivity contribution in [1.82, 2.24) is 19.8 Å². The second-order valence-corrected chi connectivity index (χ2v) is 7.66. The Morgan fingerprint density at radius 3 is 2.33 bits per heavy atom. The van der Waals surface area contributed by atoms with Gasteiger partial charge in [0.2, 0.25) is 5.91 Å². The first-order chi connectivity index (χ1) is 12.5. The molecule has 1 amide bonds. The molecule has 0 atom stereocenters. The zero-order valence-corrected chi connectivity index (χ0v) is 17.1. The molecular weight excluding hydrogens is 364 g/mol. The molecule has 1 aliphatic rings. The number of rotatable bonds is 7. The van der Waals surface area contributed by atoms with Crippen LogP contribution in [0.5, 0.6) is 0 Å². The van der Waals surface area contributed by atoms with E-state index in [1.54, 1.807) is 4.57 Å². The Morgan fingerprint density at radius 2 is 1.74 bits per heavy atom. The fraction of sp³-hybridized carbons (Fsp3) is 0.600. The minimum Gasteiger partial charge on any atom is -0.355 e. The summed E-state index contributed by atoms with van der Waals surface area (Å²) in [6, 6.07) is 7.81. The van der Waals surface area contributed by atoms with Crippen LogP contribution in [0.25, 0.3) is 11.0 Å². The van der Waals surface area contributed by atoms with Crippen molar-refractivity contribution in [2.75, 3.05) is 19.6 Å². The van der Waals surface area contributed by atoms with E-state index in [9.17, 15) is 9.59 Å². The summed E-state index contributed by atoms with van der Waals surface area (Å²) in [6.07, 6.45) is 3.39. The fourth-order valence-corrected chi connectivity index (χ4v) is 3.75. The van der Waals surface area contributed by atoms with E-state index in [1.807, 2.05) is 28.8 Å². The van der Waals surface area contributed by atoms with Gasteiger partial charge >= 0.3 is 5.69 Å². The summed E-state index contributed by atoms with van der Waals surface area (Å²) in [5.74, 6) is 0.0176. The Hall–Kier alpha value is -1.79. The van der Waals surface area contributed by atoms with Crippen molar-refractivity contribution < 1.29 is 4.79 Å². The Labute approximate surface area is 166 Å². The molecule has 1 saturated heterocycles. The number of fused-ring (bicyclic) bond motifs is 1. The zero-order valence-electron chi connectivity index (χ0n) is 16.3. The third kappa shape index (κ3) is 4.93. The smallest absolute Gasteiger partial charge is 0.329 e. The molecule has 0 aliphatic carbocycles. The monoisotopic (exact) mass is 394 g/mol. The van der Waals surface area contributed by atoms with Crippen LogP contribution in [-0.2, 0) is 17.9 Å². The summed E-state index contributed by atoms with van der Waals surface area (Å²) in [5.41, 5.74) is 2.01.